The third kappa shape index (κ3) is 3.46. The summed E-state index contributed by atoms with van der Waals surface area (Å²) in [7, 11) is 0. The predicted octanol–water partition coefficient (Wildman–Crippen LogP) is 4.28. The van der Waals surface area contributed by atoms with E-state index in [1.165, 1.54) is 6.07 Å². The Morgan fingerprint density at radius 1 is 0.750 bits per heavy atom. The van der Waals surface area contributed by atoms with Gasteiger partial charge in [0, 0.05) is 28.3 Å². The monoisotopic (exact) mass is 369 g/mol. The molecule has 136 valence electrons. The molecule has 0 saturated carbocycles. The van der Waals surface area contributed by atoms with Gasteiger partial charge >= 0.3 is 5.63 Å². The van der Waals surface area contributed by atoms with Gasteiger partial charge in [-0.2, -0.15) is 0 Å². The number of benzene rings is 3. The number of hydrogen-bond donors (Lipinski definition) is 1. The van der Waals surface area contributed by atoms with Gasteiger partial charge < -0.3 is 9.73 Å². The van der Waals surface area contributed by atoms with Crippen molar-refractivity contribution in [1.82, 2.24) is 0 Å². The van der Waals surface area contributed by atoms with E-state index in [-0.39, 0.29) is 11.3 Å². The zero-order chi connectivity index (χ0) is 19.5. The Morgan fingerprint density at radius 3 is 2.25 bits per heavy atom. The van der Waals surface area contributed by atoms with Crippen molar-refractivity contribution in [2.75, 3.05) is 5.32 Å². The molecule has 0 spiro atoms. The first kappa shape index (κ1) is 17.4. The van der Waals surface area contributed by atoms with Crippen LogP contribution in [-0.2, 0) is 0 Å². The molecule has 3 aromatic carbocycles. The van der Waals surface area contributed by atoms with Crippen LogP contribution in [-0.4, -0.2) is 11.7 Å². The molecule has 0 bridgehead atoms. The topological polar surface area (TPSA) is 76.4 Å². The molecule has 4 aromatic rings. The Balaban J connectivity index is 1.65. The van der Waals surface area contributed by atoms with Gasteiger partial charge in [-0.3, -0.25) is 9.59 Å². The maximum atomic E-state index is 12.8. The highest BCUT2D eigenvalue weighted by molar-refractivity contribution is 6.17. The Hall–Kier alpha value is -3.99. The van der Waals surface area contributed by atoms with Crippen molar-refractivity contribution in [3.63, 3.8) is 0 Å². The lowest BCUT2D eigenvalue weighted by Gasteiger charge is -2.10. The minimum Gasteiger partial charge on any atom is -0.423 e. The van der Waals surface area contributed by atoms with Crippen LogP contribution in [0, 0.1) is 0 Å². The van der Waals surface area contributed by atoms with Crippen molar-refractivity contribution in [3.8, 4) is 0 Å². The minimum absolute atomic E-state index is 0.216. The van der Waals surface area contributed by atoms with Crippen LogP contribution in [0.5, 0.6) is 0 Å². The fraction of sp³-hybridized carbons (Fsp3) is 0. The molecule has 5 nitrogen and oxygen atoms in total. The summed E-state index contributed by atoms with van der Waals surface area (Å²) in [6.07, 6.45) is 0. The maximum absolute atomic E-state index is 12.8. The SMILES string of the molecule is O=C(Nc1ccc2oc(=O)ccc2c1)c1ccccc1C(=O)c1ccccc1. The average molecular weight is 369 g/mol. The molecule has 1 amide bonds. The summed E-state index contributed by atoms with van der Waals surface area (Å²) in [5.74, 6) is -0.608. The highest BCUT2D eigenvalue weighted by Gasteiger charge is 2.18. The molecule has 28 heavy (non-hydrogen) atoms. The largest absolute Gasteiger partial charge is 0.423 e. The first-order chi connectivity index (χ1) is 13.6. The lowest BCUT2D eigenvalue weighted by molar-refractivity contribution is 0.0996. The van der Waals surface area contributed by atoms with E-state index in [2.05, 4.69) is 5.32 Å². The van der Waals surface area contributed by atoms with Crippen molar-refractivity contribution in [3.05, 3.63) is 112 Å². The molecule has 1 heterocycles. The van der Waals surface area contributed by atoms with Crippen molar-refractivity contribution >= 4 is 28.3 Å². The van der Waals surface area contributed by atoms with E-state index in [0.29, 0.717) is 27.8 Å². The summed E-state index contributed by atoms with van der Waals surface area (Å²) in [6, 6.07) is 23.4. The Kier molecular flexibility index (Phi) is 4.56. The van der Waals surface area contributed by atoms with Crippen LogP contribution >= 0.6 is 0 Å². The molecule has 0 aliphatic rings. The normalized spacial score (nSPS) is 10.6. The number of rotatable bonds is 4. The number of hydrogen-bond acceptors (Lipinski definition) is 4. The summed E-state index contributed by atoms with van der Waals surface area (Å²) in [5.41, 5.74) is 1.67. The lowest BCUT2D eigenvalue weighted by atomic mass is 9.98. The number of amides is 1. The first-order valence-corrected chi connectivity index (χ1v) is 8.66. The quantitative estimate of drug-likeness (QED) is 0.430. The lowest BCUT2D eigenvalue weighted by Crippen LogP contribution is -2.17. The molecule has 0 radical (unpaired) electrons. The number of fused-ring (bicyclic) bond motifs is 1. The van der Waals surface area contributed by atoms with Crippen molar-refractivity contribution in [2.45, 2.75) is 0 Å². The molecule has 0 aliphatic heterocycles. The van der Waals surface area contributed by atoms with E-state index >= 15 is 0 Å². The second-order valence-electron chi connectivity index (χ2n) is 6.20. The highest BCUT2D eigenvalue weighted by atomic mass is 16.4. The van der Waals surface area contributed by atoms with Gasteiger partial charge in [-0.25, -0.2) is 4.79 Å². The van der Waals surface area contributed by atoms with Gasteiger partial charge in [-0.1, -0.05) is 48.5 Å². The van der Waals surface area contributed by atoms with Gasteiger partial charge in [0.25, 0.3) is 5.91 Å². The molecule has 0 atom stereocenters. The standard InChI is InChI=1S/C23H15NO4/c25-21-13-10-16-14-17(11-12-20(16)28-21)24-23(27)19-9-5-4-8-18(19)22(26)15-6-2-1-3-7-15/h1-14H,(H,24,27). The van der Waals surface area contributed by atoms with Crippen molar-refractivity contribution in [2.24, 2.45) is 0 Å². The predicted molar refractivity (Wildman–Crippen MR) is 107 cm³/mol. The second-order valence-corrected chi connectivity index (χ2v) is 6.20. The van der Waals surface area contributed by atoms with Crippen LogP contribution in [0.2, 0.25) is 0 Å². The van der Waals surface area contributed by atoms with E-state index in [1.807, 2.05) is 6.07 Å². The second kappa shape index (κ2) is 7.32. The van der Waals surface area contributed by atoms with Crippen LogP contribution in [0.3, 0.4) is 0 Å². The molecule has 0 saturated heterocycles. The Bertz CT molecular complexity index is 1240. The number of carbonyl (C=O) groups is 2. The molecule has 5 heteroatoms. The number of ketones is 1. The molecule has 4 rings (SSSR count). The van der Waals surface area contributed by atoms with Gasteiger partial charge in [0.05, 0.1) is 5.56 Å². The van der Waals surface area contributed by atoms with Crippen LogP contribution in [0.1, 0.15) is 26.3 Å². The minimum atomic E-state index is -0.433. The van der Waals surface area contributed by atoms with E-state index in [1.54, 1.807) is 72.8 Å². The van der Waals surface area contributed by atoms with E-state index in [0.717, 1.165) is 0 Å². The van der Waals surface area contributed by atoms with E-state index in [9.17, 15) is 14.4 Å². The summed E-state index contributed by atoms with van der Waals surface area (Å²) in [5, 5.41) is 3.49. The Morgan fingerprint density at radius 2 is 1.46 bits per heavy atom. The molecule has 0 unspecified atom stereocenters. The zero-order valence-electron chi connectivity index (χ0n) is 14.7. The third-order valence-electron chi connectivity index (χ3n) is 4.33. The maximum Gasteiger partial charge on any atom is 0.336 e. The van der Waals surface area contributed by atoms with Crippen molar-refractivity contribution < 1.29 is 14.0 Å². The highest BCUT2D eigenvalue weighted by Crippen LogP contribution is 2.20. The summed E-state index contributed by atoms with van der Waals surface area (Å²) in [4.78, 5) is 36.9. The summed E-state index contributed by atoms with van der Waals surface area (Å²) >= 11 is 0. The molecular formula is C23H15NO4. The number of carbonyl (C=O) groups excluding carboxylic acids is 2. The van der Waals surface area contributed by atoms with Crippen LogP contribution < -0.4 is 10.9 Å². The van der Waals surface area contributed by atoms with Gasteiger partial charge in [-0.15, -0.1) is 0 Å². The number of nitrogens with one attached hydrogen (secondary N) is 1. The fourth-order valence-corrected chi connectivity index (χ4v) is 2.97. The van der Waals surface area contributed by atoms with Gasteiger partial charge in [0.15, 0.2) is 5.78 Å². The smallest absolute Gasteiger partial charge is 0.336 e. The molecular weight excluding hydrogens is 354 g/mol. The van der Waals surface area contributed by atoms with Crippen LogP contribution in [0.4, 0.5) is 5.69 Å². The van der Waals surface area contributed by atoms with Gasteiger partial charge in [0.1, 0.15) is 5.58 Å². The summed E-state index contributed by atoms with van der Waals surface area (Å²) in [6.45, 7) is 0. The van der Waals surface area contributed by atoms with Gasteiger partial charge in [-0.05, 0) is 30.3 Å². The first-order valence-electron chi connectivity index (χ1n) is 8.66. The number of anilines is 1. The molecule has 0 aliphatic carbocycles. The van der Waals surface area contributed by atoms with Gasteiger partial charge in [0.2, 0.25) is 0 Å². The van der Waals surface area contributed by atoms with Crippen molar-refractivity contribution in [1.29, 1.82) is 0 Å². The van der Waals surface area contributed by atoms with Crippen LogP contribution in [0.15, 0.2) is 94.1 Å². The average Bonchev–Trinajstić information content (AvgIpc) is 2.74. The molecule has 1 aromatic heterocycles. The fourth-order valence-electron chi connectivity index (χ4n) is 2.97. The summed E-state index contributed by atoms with van der Waals surface area (Å²) < 4.78 is 5.09. The molecule has 1 N–H and O–H groups in total. The van der Waals surface area contributed by atoms with E-state index in [4.69, 9.17) is 4.42 Å². The zero-order valence-corrected chi connectivity index (χ0v) is 14.7. The van der Waals surface area contributed by atoms with Crippen LogP contribution in [0.25, 0.3) is 11.0 Å². The Labute approximate surface area is 160 Å². The molecule has 0 fully saturated rings. The van der Waals surface area contributed by atoms with E-state index < -0.39 is 11.5 Å². The third-order valence-corrected chi connectivity index (χ3v) is 4.33.